The zero-order valence-electron chi connectivity index (χ0n) is 10.5. The fraction of sp³-hybridized carbons (Fsp3) is 0.500. The second-order valence-corrected chi connectivity index (χ2v) is 4.26. The number of ether oxygens (including phenoxy) is 1. The van der Waals surface area contributed by atoms with Crippen LogP contribution in [0.25, 0.3) is 0 Å². The Balaban J connectivity index is 2.10. The molecule has 0 unspecified atom stereocenters. The van der Waals surface area contributed by atoms with Crippen LogP contribution in [-0.4, -0.2) is 36.1 Å². The Bertz CT molecular complexity index is 521. The summed E-state index contributed by atoms with van der Waals surface area (Å²) in [6, 6.07) is 1.68. The van der Waals surface area contributed by atoms with Crippen LogP contribution in [0.2, 0.25) is 0 Å². The number of hydrogen-bond acceptors (Lipinski definition) is 6. The van der Waals surface area contributed by atoms with Gasteiger partial charge in [-0.15, -0.1) is 0 Å². The maximum Gasteiger partial charge on any atom is 0.308 e. The van der Waals surface area contributed by atoms with Crippen molar-refractivity contribution in [3.05, 3.63) is 17.8 Å². The third kappa shape index (κ3) is 2.62. The van der Waals surface area contributed by atoms with Gasteiger partial charge in [0.2, 0.25) is 5.82 Å². The van der Waals surface area contributed by atoms with E-state index in [1.54, 1.807) is 11.0 Å². The number of nitrogens with zero attached hydrogens (tertiary/aromatic N) is 4. The monoisotopic (exact) mass is 264 g/mol. The van der Waals surface area contributed by atoms with Crippen LogP contribution in [0, 0.1) is 23.1 Å². The molecule has 0 radical (unpaired) electrons. The molecule has 1 aliphatic heterocycles. The van der Waals surface area contributed by atoms with Crippen molar-refractivity contribution in [2.45, 2.75) is 12.8 Å². The van der Waals surface area contributed by atoms with Crippen LogP contribution in [0.5, 0.6) is 0 Å². The molecule has 0 aliphatic carbocycles. The van der Waals surface area contributed by atoms with Crippen LogP contribution in [0.3, 0.4) is 0 Å². The summed E-state index contributed by atoms with van der Waals surface area (Å²) in [6.07, 6.45) is 2.33. The van der Waals surface area contributed by atoms with Gasteiger partial charge in [-0.1, -0.05) is 0 Å². The molecule has 0 spiro atoms. The van der Waals surface area contributed by atoms with Gasteiger partial charge in [0.25, 0.3) is 0 Å². The zero-order chi connectivity index (χ0) is 13.8. The van der Waals surface area contributed by atoms with Crippen LogP contribution < -0.4 is 4.90 Å². The van der Waals surface area contributed by atoms with Gasteiger partial charge in [0, 0.05) is 13.1 Å². The molecule has 100 valence electrons. The topological polar surface area (TPSA) is 79.1 Å². The van der Waals surface area contributed by atoms with Crippen molar-refractivity contribution in [3.63, 3.8) is 0 Å². The molecule has 1 fully saturated rings. The van der Waals surface area contributed by atoms with E-state index < -0.39 is 5.82 Å². The van der Waals surface area contributed by atoms with E-state index in [1.807, 2.05) is 0 Å². The first-order chi connectivity index (χ1) is 9.17. The Hall–Kier alpha value is -2.23. The lowest BCUT2D eigenvalue weighted by atomic mass is 9.97. The molecule has 7 heteroatoms. The molecule has 2 rings (SSSR count). The highest BCUT2D eigenvalue weighted by Crippen LogP contribution is 2.25. The number of methoxy groups -OCH3 is 1. The molecule has 1 aromatic heterocycles. The maximum atomic E-state index is 13.9. The summed E-state index contributed by atoms with van der Waals surface area (Å²) in [5.74, 6) is -0.974. The lowest BCUT2D eigenvalue weighted by Crippen LogP contribution is -2.37. The summed E-state index contributed by atoms with van der Waals surface area (Å²) < 4.78 is 18.6. The minimum absolute atomic E-state index is 0.120. The average molecular weight is 264 g/mol. The molecule has 1 aliphatic rings. The minimum Gasteiger partial charge on any atom is -0.469 e. The van der Waals surface area contributed by atoms with Crippen molar-refractivity contribution in [2.24, 2.45) is 5.92 Å². The standard InChI is InChI=1S/C12H13FN4O2/c1-19-12(18)8-2-4-17(5-3-8)11-10(13)9(6-14)15-7-16-11/h7-8H,2-5H2,1H3. The van der Waals surface area contributed by atoms with Crippen molar-refractivity contribution >= 4 is 11.8 Å². The molecular weight excluding hydrogens is 251 g/mol. The molecule has 6 nitrogen and oxygen atoms in total. The van der Waals surface area contributed by atoms with Gasteiger partial charge in [-0.05, 0) is 12.8 Å². The normalized spacial score (nSPS) is 15.9. The third-order valence-corrected chi connectivity index (χ3v) is 3.21. The molecule has 19 heavy (non-hydrogen) atoms. The molecule has 1 saturated heterocycles. The quantitative estimate of drug-likeness (QED) is 0.738. The number of carbonyl (C=O) groups excluding carboxylic acids is 1. The Labute approximate surface area is 109 Å². The molecular formula is C12H13FN4O2. The smallest absolute Gasteiger partial charge is 0.308 e. The van der Waals surface area contributed by atoms with E-state index in [9.17, 15) is 9.18 Å². The first kappa shape index (κ1) is 13.2. The largest absolute Gasteiger partial charge is 0.469 e. The summed E-state index contributed by atoms with van der Waals surface area (Å²) in [6.45, 7) is 0.997. The minimum atomic E-state index is -0.707. The number of aromatic nitrogens is 2. The van der Waals surface area contributed by atoms with Crippen molar-refractivity contribution in [1.29, 1.82) is 5.26 Å². The summed E-state index contributed by atoms with van der Waals surface area (Å²) in [5, 5.41) is 8.73. The molecule has 0 aromatic carbocycles. The van der Waals surface area contributed by atoms with Gasteiger partial charge < -0.3 is 9.64 Å². The Morgan fingerprint density at radius 3 is 2.79 bits per heavy atom. The van der Waals surface area contributed by atoms with E-state index in [-0.39, 0.29) is 23.4 Å². The fourth-order valence-corrected chi connectivity index (χ4v) is 2.15. The number of carbonyl (C=O) groups is 1. The van der Waals surface area contributed by atoms with Gasteiger partial charge in [-0.3, -0.25) is 4.79 Å². The Morgan fingerprint density at radius 1 is 1.53 bits per heavy atom. The summed E-state index contributed by atoms with van der Waals surface area (Å²) >= 11 is 0. The van der Waals surface area contributed by atoms with Crippen LogP contribution in [0.1, 0.15) is 18.5 Å². The van der Waals surface area contributed by atoms with Crippen molar-refractivity contribution < 1.29 is 13.9 Å². The van der Waals surface area contributed by atoms with E-state index >= 15 is 0 Å². The van der Waals surface area contributed by atoms with Crippen LogP contribution in [0.4, 0.5) is 10.2 Å². The van der Waals surface area contributed by atoms with Gasteiger partial charge >= 0.3 is 5.97 Å². The molecule has 2 heterocycles. The lowest BCUT2D eigenvalue weighted by Gasteiger charge is -2.31. The SMILES string of the molecule is COC(=O)C1CCN(c2ncnc(C#N)c2F)CC1. The molecule has 0 saturated carbocycles. The highest BCUT2D eigenvalue weighted by Gasteiger charge is 2.28. The predicted octanol–water partition coefficient (Wildman–Crippen LogP) is 0.877. The van der Waals surface area contributed by atoms with E-state index in [0.29, 0.717) is 25.9 Å². The average Bonchev–Trinajstić information content (AvgIpc) is 2.47. The van der Waals surface area contributed by atoms with E-state index in [1.165, 1.54) is 13.4 Å². The van der Waals surface area contributed by atoms with E-state index in [2.05, 4.69) is 9.97 Å². The number of rotatable bonds is 2. The Morgan fingerprint density at radius 2 is 2.21 bits per heavy atom. The Kier molecular flexibility index (Phi) is 3.90. The third-order valence-electron chi connectivity index (χ3n) is 3.21. The number of anilines is 1. The van der Waals surface area contributed by atoms with E-state index in [4.69, 9.17) is 10.00 Å². The van der Waals surface area contributed by atoms with Crippen molar-refractivity contribution in [1.82, 2.24) is 9.97 Å². The van der Waals surface area contributed by atoms with Gasteiger partial charge in [0.05, 0.1) is 13.0 Å². The van der Waals surface area contributed by atoms with E-state index in [0.717, 1.165) is 0 Å². The van der Waals surface area contributed by atoms with Gasteiger partial charge in [0.1, 0.15) is 12.4 Å². The fourth-order valence-electron chi connectivity index (χ4n) is 2.15. The number of hydrogen-bond donors (Lipinski definition) is 0. The van der Waals surface area contributed by atoms with Crippen LogP contribution in [0.15, 0.2) is 6.33 Å². The molecule has 0 N–H and O–H groups in total. The number of nitriles is 1. The van der Waals surface area contributed by atoms with Crippen LogP contribution in [-0.2, 0) is 9.53 Å². The number of halogens is 1. The maximum absolute atomic E-state index is 13.9. The van der Waals surface area contributed by atoms with Gasteiger partial charge in [-0.25, -0.2) is 9.97 Å². The van der Waals surface area contributed by atoms with Crippen molar-refractivity contribution in [3.8, 4) is 6.07 Å². The van der Waals surface area contributed by atoms with Gasteiger partial charge in [0.15, 0.2) is 11.5 Å². The molecule has 0 amide bonds. The van der Waals surface area contributed by atoms with Crippen molar-refractivity contribution in [2.75, 3.05) is 25.1 Å². The highest BCUT2D eigenvalue weighted by atomic mass is 19.1. The zero-order valence-corrected chi connectivity index (χ0v) is 10.5. The second-order valence-electron chi connectivity index (χ2n) is 4.26. The first-order valence-electron chi connectivity index (χ1n) is 5.90. The predicted molar refractivity (Wildman–Crippen MR) is 63.7 cm³/mol. The molecule has 0 atom stereocenters. The first-order valence-corrected chi connectivity index (χ1v) is 5.90. The lowest BCUT2D eigenvalue weighted by molar-refractivity contribution is -0.146. The summed E-state index contributed by atoms with van der Waals surface area (Å²) in [7, 11) is 1.36. The number of esters is 1. The number of piperidine rings is 1. The molecule has 1 aromatic rings. The molecule has 0 bridgehead atoms. The highest BCUT2D eigenvalue weighted by molar-refractivity contribution is 5.72. The van der Waals surface area contributed by atoms with Gasteiger partial charge in [-0.2, -0.15) is 9.65 Å². The second kappa shape index (κ2) is 5.61. The summed E-state index contributed by atoms with van der Waals surface area (Å²) in [4.78, 5) is 20.5. The summed E-state index contributed by atoms with van der Waals surface area (Å²) in [5.41, 5.74) is -0.264. The van der Waals surface area contributed by atoms with Crippen LogP contribution >= 0.6 is 0 Å².